The highest BCUT2D eigenvalue weighted by molar-refractivity contribution is 7.89. The summed E-state index contributed by atoms with van der Waals surface area (Å²) in [5.74, 6) is -0.506. The number of halogens is 3. The molecular weight excluding hydrogens is 452 g/mol. The summed E-state index contributed by atoms with van der Waals surface area (Å²) in [5.41, 5.74) is 1.32. The predicted molar refractivity (Wildman–Crippen MR) is 113 cm³/mol. The van der Waals surface area contributed by atoms with Crippen LogP contribution in [-0.4, -0.2) is 62.9 Å². The Kier molecular flexibility index (Phi) is 7.47. The standard InChI is InChI=1S/C20H22ClF2N3O4S/c1-14-2-5-16(6-3-14)31(28,29)26-10-8-25(9-11-26)13-19(27)24-15-4-7-18(17(21)12-15)30-20(22)23/h2-7,12,20H,8-11,13H2,1H3,(H,24,27). The van der Waals surface area contributed by atoms with Crippen LogP contribution in [0.1, 0.15) is 5.56 Å². The minimum Gasteiger partial charge on any atom is -0.433 e. The van der Waals surface area contributed by atoms with E-state index in [1.165, 1.54) is 22.5 Å². The molecule has 1 N–H and O–H groups in total. The van der Waals surface area contributed by atoms with Gasteiger partial charge in [-0.15, -0.1) is 0 Å². The van der Waals surface area contributed by atoms with E-state index in [4.69, 9.17) is 11.6 Å². The fraction of sp³-hybridized carbons (Fsp3) is 0.350. The molecule has 1 amide bonds. The third-order valence-electron chi connectivity index (χ3n) is 4.79. The first-order valence-corrected chi connectivity index (χ1v) is 11.3. The number of carbonyl (C=O) groups excluding carboxylic acids is 1. The van der Waals surface area contributed by atoms with Crippen LogP contribution in [0.5, 0.6) is 5.75 Å². The maximum Gasteiger partial charge on any atom is 0.387 e. The topological polar surface area (TPSA) is 79.0 Å². The highest BCUT2D eigenvalue weighted by Gasteiger charge is 2.29. The molecule has 168 valence electrons. The lowest BCUT2D eigenvalue weighted by Crippen LogP contribution is -2.50. The van der Waals surface area contributed by atoms with E-state index in [1.54, 1.807) is 24.3 Å². The van der Waals surface area contributed by atoms with Gasteiger partial charge in [-0.1, -0.05) is 29.3 Å². The summed E-state index contributed by atoms with van der Waals surface area (Å²) in [6.07, 6.45) is 0. The summed E-state index contributed by atoms with van der Waals surface area (Å²) in [7, 11) is -3.57. The maximum absolute atomic E-state index is 12.8. The first-order valence-electron chi connectivity index (χ1n) is 9.48. The molecule has 0 atom stereocenters. The molecule has 11 heteroatoms. The fourth-order valence-electron chi connectivity index (χ4n) is 3.16. The number of rotatable bonds is 7. The summed E-state index contributed by atoms with van der Waals surface area (Å²) in [6, 6.07) is 10.7. The van der Waals surface area contributed by atoms with Crippen LogP contribution in [0.4, 0.5) is 14.5 Å². The van der Waals surface area contributed by atoms with Crippen molar-refractivity contribution in [2.45, 2.75) is 18.4 Å². The van der Waals surface area contributed by atoms with Gasteiger partial charge in [0.05, 0.1) is 16.5 Å². The number of alkyl halides is 2. The molecule has 1 saturated heterocycles. The molecule has 0 aliphatic carbocycles. The minimum atomic E-state index is -3.57. The van der Waals surface area contributed by atoms with Crippen molar-refractivity contribution in [3.63, 3.8) is 0 Å². The molecule has 31 heavy (non-hydrogen) atoms. The highest BCUT2D eigenvalue weighted by Crippen LogP contribution is 2.29. The van der Waals surface area contributed by atoms with Crippen LogP contribution in [0.2, 0.25) is 5.02 Å². The van der Waals surface area contributed by atoms with E-state index in [9.17, 15) is 22.0 Å². The van der Waals surface area contributed by atoms with Crippen molar-refractivity contribution in [3.8, 4) is 5.75 Å². The molecule has 2 aromatic carbocycles. The van der Waals surface area contributed by atoms with Crippen LogP contribution in [0.3, 0.4) is 0 Å². The number of carbonyl (C=O) groups is 1. The van der Waals surface area contributed by atoms with E-state index in [0.717, 1.165) is 5.56 Å². The van der Waals surface area contributed by atoms with Crippen LogP contribution in [0, 0.1) is 6.92 Å². The number of sulfonamides is 1. The lowest BCUT2D eigenvalue weighted by Gasteiger charge is -2.33. The van der Waals surface area contributed by atoms with E-state index in [0.29, 0.717) is 18.8 Å². The number of hydrogen-bond donors (Lipinski definition) is 1. The molecule has 3 rings (SSSR count). The molecule has 0 aromatic heterocycles. The number of anilines is 1. The highest BCUT2D eigenvalue weighted by atomic mass is 35.5. The van der Waals surface area contributed by atoms with E-state index in [2.05, 4.69) is 10.1 Å². The van der Waals surface area contributed by atoms with Crippen LogP contribution in [0.25, 0.3) is 0 Å². The first-order chi connectivity index (χ1) is 14.6. The van der Waals surface area contributed by atoms with E-state index < -0.39 is 16.6 Å². The molecule has 7 nitrogen and oxygen atoms in total. The second kappa shape index (κ2) is 9.90. The van der Waals surface area contributed by atoms with Gasteiger partial charge in [-0.25, -0.2) is 8.42 Å². The molecule has 1 heterocycles. The molecule has 0 spiro atoms. The lowest BCUT2D eigenvalue weighted by atomic mass is 10.2. The molecule has 1 aliphatic rings. The second-order valence-electron chi connectivity index (χ2n) is 7.07. The largest absolute Gasteiger partial charge is 0.433 e. The molecule has 1 fully saturated rings. The number of piperazine rings is 1. The van der Waals surface area contributed by atoms with Gasteiger partial charge in [0.25, 0.3) is 0 Å². The Morgan fingerprint density at radius 1 is 1.13 bits per heavy atom. The lowest BCUT2D eigenvalue weighted by molar-refractivity contribution is -0.117. The van der Waals surface area contributed by atoms with Gasteiger partial charge in [0.2, 0.25) is 15.9 Å². The van der Waals surface area contributed by atoms with Gasteiger partial charge in [-0.3, -0.25) is 9.69 Å². The molecule has 2 aromatic rings. The van der Waals surface area contributed by atoms with Gasteiger partial charge >= 0.3 is 6.61 Å². The first kappa shape index (κ1) is 23.4. The van der Waals surface area contributed by atoms with Crippen molar-refractivity contribution in [1.29, 1.82) is 0 Å². The third-order valence-corrected chi connectivity index (χ3v) is 7.00. The van der Waals surface area contributed by atoms with Gasteiger partial charge < -0.3 is 10.1 Å². The zero-order valence-electron chi connectivity index (χ0n) is 16.7. The SMILES string of the molecule is Cc1ccc(S(=O)(=O)N2CCN(CC(=O)Nc3ccc(OC(F)F)c(Cl)c3)CC2)cc1. The predicted octanol–water partition coefficient (Wildman–Crippen LogP) is 3.19. The van der Waals surface area contributed by atoms with Gasteiger partial charge in [0.1, 0.15) is 5.75 Å². The molecule has 0 unspecified atom stereocenters. The second-order valence-corrected chi connectivity index (χ2v) is 9.41. The Morgan fingerprint density at radius 3 is 2.35 bits per heavy atom. The summed E-state index contributed by atoms with van der Waals surface area (Å²) in [4.78, 5) is 14.4. The number of ether oxygens (including phenoxy) is 1. The number of nitrogens with zero attached hydrogens (tertiary/aromatic N) is 2. The quantitative estimate of drug-likeness (QED) is 0.668. The third kappa shape index (κ3) is 6.13. The normalized spacial score (nSPS) is 15.8. The van der Waals surface area contributed by atoms with Crippen LogP contribution in [0.15, 0.2) is 47.4 Å². The van der Waals surface area contributed by atoms with Crippen molar-refractivity contribution in [3.05, 3.63) is 53.1 Å². The zero-order chi connectivity index (χ0) is 22.6. The van der Waals surface area contributed by atoms with E-state index >= 15 is 0 Å². The number of nitrogens with one attached hydrogen (secondary N) is 1. The van der Waals surface area contributed by atoms with Crippen LogP contribution >= 0.6 is 11.6 Å². The van der Waals surface area contributed by atoms with Gasteiger partial charge in [-0.2, -0.15) is 13.1 Å². The zero-order valence-corrected chi connectivity index (χ0v) is 18.3. The molecular formula is C20H22ClF2N3O4S. The average molecular weight is 474 g/mol. The van der Waals surface area contributed by atoms with Crippen molar-refractivity contribution in [1.82, 2.24) is 9.21 Å². The Morgan fingerprint density at radius 2 is 1.77 bits per heavy atom. The van der Waals surface area contributed by atoms with Crippen molar-refractivity contribution < 1.29 is 26.7 Å². The van der Waals surface area contributed by atoms with Gasteiger partial charge in [0.15, 0.2) is 0 Å². The van der Waals surface area contributed by atoms with Crippen molar-refractivity contribution in [2.24, 2.45) is 0 Å². The summed E-state index contributed by atoms with van der Waals surface area (Å²) in [6.45, 7) is 0.307. The monoisotopic (exact) mass is 473 g/mol. The fourth-order valence-corrected chi connectivity index (χ4v) is 4.81. The van der Waals surface area contributed by atoms with Crippen LogP contribution < -0.4 is 10.1 Å². The Bertz CT molecular complexity index is 1030. The number of hydrogen-bond acceptors (Lipinski definition) is 5. The summed E-state index contributed by atoms with van der Waals surface area (Å²) in [5, 5.41) is 2.60. The smallest absolute Gasteiger partial charge is 0.387 e. The molecule has 1 aliphatic heterocycles. The summed E-state index contributed by atoms with van der Waals surface area (Å²) >= 11 is 5.88. The number of amides is 1. The Hall–Kier alpha value is -2.27. The van der Waals surface area contributed by atoms with E-state index in [-0.39, 0.29) is 41.2 Å². The van der Waals surface area contributed by atoms with Gasteiger partial charge in [0, 0.05) is 31.9 Å². The van der Waals surface area contributed by atoms with Gasteiger partial charge in [-0.05, 0) is 37.3 Å². The maximum atomic E-state index is 12.8. The van der Waals surface area contributed by atoms with Crippen LogP contribution in [-0.2, 0) is 14.8 Å². The van der Waals surface area contributed by atoms with E-state index in [1.807, 2.05) is 11.8 Å². The molecule has 0 radical (unpaired) electrons. The molecule has 0 bridgehead atoms. The Balaban J connectivity index is 1.52. The Labute approximate surface area is 184 Å². The average Bonchev–Trinajstić information content (AvgIpc) is 2.70. The summed E-state index contributed by atoms with van der Waals surface area (Å²) < 4.78 is 55.8. The van der Waals surface area contributed by atoms with Crippen molar-refractivity contribution in [2.75, 3.05) is 38.0 Å². The number of benzene rings is 2. The minimum absolute atomic E-state index is 0.0481. The molecule has 0 saturated carbocycles. The number of aryl methyl sites for hydroxylation is 1. The van der Waals surface area contributed by atoms with Crippen molar-refractivity contribution >= 4 is 33.2 Å².